The largest absolute Gasteiger partial charge is 0.496 e. The number of hydrogen-bond donors (Lipinski definition) is 0. The van der Waals surface area contributed by atoms with Gasteiger partial charge < -0.3 is 4.74 Å². The molecule has 0 saturated heterocycles. The fourth-order valence-electron chi connectivity index (χ4n) is 1.79. The summed E-state index contributed by atoms with van der Waals surface area (Å²) in [5.74, 6) is 0.903. The molecule has 0 aliphatic rings. The number of rotatable bonds is 2. The van der Waals surface area contributed by atoms with Gasteiger partial charge in [0.1, 0.15) is 5.75 Å². The molecular formula is C11H14N2O. The molecule has 0 saturated carbocycles. The van der Waals surface area contributed by atoms with Gasteiger partial charge in [-0.2, -0.15) is 5.10 Å². The molecule has 0 amide bonds. The highest BCUT2D eigenvalue weighted by molar-refractivity contribution is 5.88. The number of fused-ring (bicyclic) bond motifs is 1. The third kappa shape index (κ3) is 1.16. The van der Waals surface area contributed by atoms with Crippen molar-refractivity contribution in [1.82, 2.24) is 9.78 Å². The second-order valence-corrected chi connectivity index (χ2v) is 3.26. The van der Waals surface area contributed by atoms with Gasteiger partial charge in [-0.3, -0.25) is 4.68 Å². The van der Waals surface area contributed by atoms with E-state index < -0.39 is 0 Å². The lowest BCUT2D eigenvalue weighted by atomic mass is 10.2. The van der Waals surface area contributed by atoms with Crippen molar-refractivity contribution in [3.8, 4) is 5.75 Å². The van der Waals surface area contributed by atoms with Crippen LogP contribution in [0.5, 0.6) is 5.75 Å². The van der Waals surface area contributed by atoms with E-state index in [1.807, 2.05) is 23.7 Å². The summed E-state index contributed by atoms with van der Waals surface area (Å²) in [4.78, 5) is 0. The quantitative estimate of drug-likeness (QED) is 0.727. The molecule has 1 aromatic heterocycles. The first-order valence-corrected chi connectivity index (χ1v) is 4.78. The summed E-state index contributed by atoms with van der Waals surface area (Å²) in [5.41, 5.74) is 2.17. The van der Waals surface area contributed by atoms with E-state index in [0.717, 1.165) is 28.9 Å². The SMILES string of the molecule is CCn1nc(C)c2c(OC)cccc21. The maximum atomic E-state index is 5.31. The molecule has 0 bridgehead atoms. The Morgan fingerprint density at radius 1 is 1.43 bits per heavy atom. The first-order valence-electron chi connectivity index (χ1n) is 4.78. The molecule has 1 heterocycles. The zero-order valence-corrected chi connectivity index (χ0v) is 8.74. The minimum atomic E-state index is 0.886. The van der Waals surface area contributed by atoms with Crippen LogP contribution in [0.4, 0.5) is 0 Å². The monoisotopic (exact) mass is 190 g/mol. The summed E-state index contributed by atoms with van der Waals surface area (Å²) in [6.45, 7) is 4.99. The first kappa shape index (κ1) is 9.06. The molecule has 2 rings (SSSR count). The number of nitrogens with zero attached hydrogens (tertiary/aromatic N) is 2. The molecule has 0 spiro atoms. The molecule has 0 N–H and O–H groups in total. The van der Waals surface area contributed by atoms with Crippen LogP contribution in [0.1, 0.15) is 12.6 Å². The van der Waals surface area contributed by atoms with E-state index in [1.54, 1.807) is 7.11 Å². The van der Waals surface area contributed by atoms with Crippen LogP contribution in [0.3, 0.4) is 0 Å². The summed E-state index contributed by atoms with van der Waals surface area (Å²) in [5, 5.41) is 5.58. The lowest BCUT2D eigenvalue weighted by Gasteiger charge is -2.02. The van der Waals surface area contributed by atoms with Crippen LogP contribution >= 0.6 is 0 Å². The van der Waals surface area contributed by atoms with Crippen molar-refractivity contribution >= 4 is 10.9 Å². The Morgan fingerprint density at radius 2 is 2.21 bits per heavy atom. The average Bonchev–Trinajstić information content (AvgIpc) is 2.55. The van der Waals surface area contributed by atoms with Crippen molar-refractivity contribution in [3.05, 3.63) is 23.9 Å². The van der Waals surface area contributed by atoms with Crippen molar-refractivity contribution in [2.45, 2.75) is 20.4 Å². The zero-order chi connectivity index (χ0) is 10.1. The van der Waals surface area contributed by atoms with E-state index in [1.165, 1.54) is 0 Å². The second-order valence-electron chi connectivity index (χ2n) is 3.26. The number of methoxy groups -OCH3 is 1. The number of aromatic nitrogens is 2. The van der Waals surface area contributed by atoms with Gasteiger partial charge in [-0.05, 0) is 26.0 Å². The van der Waals surface area contributed by atoms with Crippen LogP contribution in [0.25, 0.3) is 10.9 Å². The second kappa shape index (κ2) is 3.33. The fraction of sp³-hybridized carbons (Fsp3) is 0.364. The van der Waals surface area contributed by atoms with Crippen LogP contribution in [0.2, 0.25) is 0 Å². The Balaban J connectivity index is 2.81. The molecule has 0 atom stereocenters. The molecule has 0 fully saturated rings. The third-order valence-electron chi connectivity index (χ3n) is 2.43. The number of hydrogen-bond acceptors (Lipinski definition) is 2. The van der Waals surface area contributed by atoms with Gasteiger partial charge in [0, 0.05) is 6.54 Å². The van der Waals surface area contributed by atoms with Crippen LogP contribution in [0.15, 0.2) is 18.2 Å². The molecule has 0 unspecified atom stereocenters. The number of ether oxygens (including phenoxy) is 1. The highest BCUT2D eigenvalue weighted by Gasteiger charge is 2.09. The maximum absolute atomic E-state index is 5.31. The normalized spacial score (nSPS) is 10.8. The van der Waals surface area contributed by atoms with E-state index >= 15 is 0 Å². The van der Waals surface area contributed by atoms with Gasteiger partial charge in [-0.15, -0.1) is 0 Å². The van der Waals surface area contributed by atoms with E-state index in [2.05, 4.69) is 18.1 Å². The molecule has 0 aliphatic carbocycles. The molecule has 3 nitrogen and oxygen atoms in total. The minimum Gasteiger partial charge on any atom is -0.496 e. The molecule has 14 heavy (non-hydrogen) atoms. The van der Waals surface area contributed by atoms with Crippen molar-refractivity contribution in [1.29, 1.82) is 0 Å². The predicted molar refractivity (Wildman–Crippen MR) is 56.7 cm³/mol. The molecule has 74 valence electrons. The topological polar surface area (TPSA) is 27.1 Å². The minimum absolute atomic E-state index is 0.886. The molecule has 0 radical (unpaired) electrons. The first-order chi connectivity index (χ1) is 6.77. The molecule has 2 aromatic rings. The van der Waals surface area contributed by atoms with Crippen molar-refractivity contribution in [2.75, 3.05) is 7.11 Å². The number of aryl methyl sites for hydroxylation is 2. The van der Waals surface area contributed by atoms with Gasteiger partial charge in [0.05, 0.1) is 23.7 Å². The Hall–Kier alpha value is -1.51. The summed E-state index contributed by atoms with van der Waals surface area (Å²) in [6, 6.07) is 6.03. The Labute approximate surface area is 83.3 Å². The van der Waals surface area contributed by atoms with E-state index in [9.17, 15) is 0 Å². The molecular weight excluding hydrogens is 176 g/mol. The standard InChI is InChI=1S/C11H14N2O/c1-4-13-9-6-5-7-10(14-3)11(9)8(2)12-13/h5-7H,4H2,1-3H3. The Bertz CT molecular complexity index is 460. The molecule has 0 aliphatic heterocycles. The third-order valence-corrected chi connectivity index (χ3v) is 2.43. The Morgan fingerprint density at radius 3 is 2.86 bits per heavy atom. The van der Waals surface area contributed by atoms with E-state index in [-0.39, 0.29) is 0 Å². The number of benzene rings is 1. The van der Waals surface area contributed by atoms with Gasteiger partial charge in [-0.25, -0.2) is 0 Å². The molecule has 1 aromatic carbocycles. The van der Waals surface area contributed by atoms with E-state index in [0.29, 0.717) is 0 Å². The summed E-state index contributed by atoms with van der Waals surface area (Å²) < 4.78 is 7.31. The lowest BCUT2D eigenvalue weighted by Crippen LogP contribution is -1.95. The van der Waals surface area contributed by atoms with Crippen LogP contribution in [-0.4, -0.2) is 16.9 Å². The predicted octanol–water partition coefficient (Wildman–Crippen LogP) is 2.37. The highest BCUT2D eigenvalue weighted by atomic mass is 16.5. The van der Waals surface area contributed by atoms with E-state index in [4.69, 9.17) is 4.74 Å². The highest BCUT2D eigenvalue weighted by Crippen LogP contribution is 2.27. The van der Waals surface area contributed by atoms with Gasteiger partial charge in [0.25, 0.3) is 0 Å². The summed E-state index contributed by atoms with van der Waals surface area (Å²) >= 11 is 0. The van der Waals surface area contributed by atoms with Crippen LogP contribution in [0, 0.1) is 6.92 Å². The maximum Gasteiger partial charge on any atom is 0.130 e. The Kier molecular flexibility index (Phi) is 2.15. The van der Waals surface area contributed by atoms with Crippen molar-refractivity contribution in [2.24, 2.45) is 0 Å². The molecule has 3 heteroatoms. The average molecular weight is 190 g/mol. The van der Waals surface area contributed by atoms with Crippen molar-refractivity contribution < 1.29 is 4.74 Å². The van der Waals surface area contributed by atoms with Gasteiger partial charge in [0.15, 0.2) is 0 Å². The van der Waals surface area contributed by atoms with Gasteiger partial charge in [-0.1, -0.05) is 6.07 Å². The van der Waals surface area contributed by atoms with Crippen molar-refractivity contribution in [3.63, 3.8) is 0 Å². The smallest absolute Gasteiger partial charge is 0.130 e. The fourth-order valence-corrected chi connectivity index (χ4v) is 1.79. The van der Waals surface area contributed by atoms with Gasteiger partial charge >= 0.3 is 0 Å². The van der Waals surface area contributed by atoms with Crippen LogP contribution < -0.4 is 4.74 Å². The summed E-state index contributed by atoms with van der Waals surface area (Å²) in [7, 11) is 1.69. The lowest BCUT2D eigenvalue weighted by molar-refractivity contribution is 0.419. The summed E-state index contributed by atoms with van der Waals surface area (Å²) in [6.07, 6.45) is 0. The zero-order valence-electron chi connectivity index (χ0n) is 8.74. The van der Waals surface area contributed by atoms with Gasteiger partial charge in [0.2, 0.25) is 0 Å². The van der Waals surface area contributed by atoms with Crippen LogP contribution in [-0.2, 0) is 6.54 Å².